The van der Waals surface area contributed by atoms with E-state index in [-0.39, 0.29) is 42.4 Å². The predicted molar refractivity (Wildman–Crippen MR) is 119 cm³/mol. The first-order chi connectivity index (χ1) is 16.1. The molecule has 8 heteroatoms. The zero-order chi connectivity index (χ0) is 22.8. The van der Waals surface area contributed by atoms with Crippen LogP contribution in [0.15, 0.2) is 76.3 Å². The van der Waals surface area contributed by atoms with Gasteiger partial charge in [0, 0.05) is 35.7 Å². The maximum Gasteiger partial charge on any atom is 0.231 e. The number of rotatable bonds is 6. The number of ether oxygens (including phenoxy) is 2. The molecule has 8 nitrogen and oxygen atoms in total. The first-order valence-electron chi connectivity index (χ1n) is 10.4. The van der Waals surface area contributed by atoms with Gasteiger partial charge in [-0.2, -0.15) is 0 Å². The lowest BCUT2D eigenvalue weighted by molar-refractivity contribution is -0.121. The highest BCUT2D eigenvalue weighted by molar-refractivity contribution is 5.80. The van der Waals surface area contributed by atoms with Crippen LogP contribution in [0.5, 0.6) is 17.2 Å². The van der Waals surface area contributed by atoms with Crippen molar-refractivity contribution in [3.8, 4) is 17.2 Å². The number of carbonyl (C=O) groups excluding carboxylic acids is 1. The van der Waals surface area contributed by atoms with Crippen LogP contribution in [0.4, 0.5) is 0 Å². The van der Waals surface area contributed by atoms with E-state index in [1.165, 1.54) is 12.3 Å². The summed E-state index contributed by atoms with van der Waals surface area (Å²) in [7, 11) is 0. The van der Waals surface area contributed by atoms with Crippen molar-refractivity contribution in [1.82, 2.24) is 10.3 Å². The molecule has 1 atom stereocenters. The van der Waals surface area contributed by atoms with Crippen molar-refractivity contribution in [2.45, 2.75) is 18.9 Å². The van der Waals surface area contributed by atoms with E-state index < -0.39 is 5.92 Å². The van der Waals surface area contributed by atoms with Crippen molar-refractivity contribution in [3.63, 3.8) is 0 Å². The molecule has 5 rings (SSSR count). The Hall–Kier alpha value is -4.33. The third kappa shape index (κ3) is 4.10. The second kappa shape index (κ2) is 8.66. The van der Waals surface area contributed by atoms with Crippen molar-refractivity contribution in [3.05, 3.63) is 94.1 Å². The summed E-state index contributed by atoms with van der Waals surface area (Å²) < 4.78 is 16.5. The van der Waals surface area contributed by atoms with Crippen LogP contribution in [0.1, 0.15) is 29.2 Å². The normalized spacial score (nSPS) is 13.1. The van der Waals surface area contributed by atoms with E-state index in [4.69, 9.17) is 13.9 Å². The van der Waals surface area contributed by atoms with Gasteiger partial charge in [-0.1, -0.05) is 18.2 Å². The second-order valence-corrected chi connectivity index (χ2v) is 7.64. The minimum atomic E-state index is -0.774. The lowest BCUT2D eigenvalue weighted by Crippen LogP contribution is -2.27. The predicted octanol–water partition coefficient (Wildman–Crippen LogP) is 3.46. The SMILES string of the molecule is O=C(CC(c1cc2c(cc1O)OCO2)c1coc2ccccc2c1=O)NCc1ccccn1. The van der Waals surface area contributed by atoms with E-state index in [1.807, 2.05) is 6.07 Å². The number of nitrogens with zero attached hydrogens (tertiary/aromatic N) is 1. The van der Waals surface area contributed by atoms with Gasteiger partial charge in [-0.05, 0) is 30.3 Å². The van der Waals surface area contributed by atoms with Gasteiger partial charge in [0.25, 0.3) is 0 Å². The van der Waals surface area contributed by atoms with E-state index in [2.05, 4.69) is 10.3 Å². The van der Waals surface area contributed by atoms with Gasteiger partial charge in [0.2, 0.25) is 12.7 Å². The minimum Gasteiger partial charge on any atom is -0.508 e. The Morgan fingerprint density at radius 2 is 1.85 bits per heavy atom. The molecule has 0 fully saturated rings. The number of fused-ring (bicyclic) bond motifs is 2. The number of aromatic hydroxyl groups is 1. The van der Waals surface area contributed by atoms with E-state index in [0.29, 0.717) is 33.7 Å². The monoisotopic (exact) mass is 444 g/mol. The van der Waals surface area contributed by atoms with Gasteiger partial charge in [-0.15, -0.1) is 0 Å². The average molecular weight is 444 g/mol. The van der Waals surface area contributed by atoms with Crippen LogP contribution >= 0.6 is 0 Å². The summed E-state index contributed by atoms with van der Waals surface area (Å²) in [5, 5.41) is 13.9. The Morgan fingerprint density at radius 3 is 2.67 bits per heavy atom. The third-order valence-electron chi connectivity index (χ3n) is 5.56. The van der Waals surface area contributed by atoms with Crippen LogP contribution < -0.4 is 20.2 Å². The molecule has 0 bridgehead atoms. The summed E-state index contributed by atoms with van der Waals surface area (Å²) in [6, 6.07) is 15.4. The molecule has 2 aromatic heterocycles. The fourth-order valence-corrected chi connectivity index (χ4v) is 3.90. The number of pyridine rings is 1. The third-order valence-corrected chi connectivity index (χ3v) is 5.56. The molecule has 0 aliphatic carbocycles. The number of benzene rings is 2. The molecule has 1 unspecified atom stereocenters. The Kier molecular flexibility index (Phi) is 5.40. The highest BCUT2D eigenvalue weighted by Crippen LogP contribution is 2.42. The number of aromatic nitrogens is 1. The van der Waals surface area contributed by atoms with Gasteiger partial charge in [0.05, 0.1) is 23.9 Å². The largest absolute Gasteiger partial charge is 0.508 e. The molecule has 3 heterocycles. The molecule has 0 radical (unpaired) electrons. The summed E-state index contributed by atoms with van der Waals surface area (Å²) in [6.45, 7) is 0.275. The summed E-state index contributed by atoms with van der Waals surface area (Å²) in [5.74, 6) is -0.347. The van der Waals surface area contributed by atoms with Crippen molar-refractivity contribution < 1.29 is 23.8 Å². The van der Waals surface area contributed by atoms with Crippen molar-refractivity contribution in [1.29, 1.82) is 0 Å². The van der Waals surface area contributed by atoms with Gasteiger partial charge in [-0.25, -0.2) is 0 Å². The summed E-state index contributed by atoms with van der Waals surface area (Å²) in [4.78, 5) is 30.4. The number of para-hydroxylation sites is 1. The number of hydrogen-bond donors (Lipinski definition) is 2. The molecular weight excluding hydrogens is 424 g/mol. The van der Waals surface area contributed by atoms with Crippen LogP contribution in [0.25, 0.3) is 11.0 Å². The molecule has 166 valence electrons. The number of phenols is 1. The van der Waals surface area contributed by atoms with E-state index >= 15 is 0 Å². The summed E-state index contributed by atoms with van der Waals surface area (Å²) in [5.41, 5.74) is 1.51. The lowest BCUT2D eigenvalue weighted by atomic mass is 9.87. The molecular formula is C25H20N2O6. The Labute approximate surface area is 188 Å². The molecule has 0 spiro atoms. The topological polar surface area (TPSA) is 111 Å². The standard InChI is InChI=1S/C25H20N2O6/c28-20-11-23-22(32-14-33-23)9-18(20)17(10-24(29)27-12-15-5-3-4-8-26-15)19-13-31-21-7-2-1-6-16(21)25(19)30/h1-9,11,13,17,28H,10,12,14H2,(H,27,29). The minimum absolute atomic E-state index is 0.0333. The van der Waals surface area contributed by atoms with Crippen LogP contribution in [-0.4, -0.2) is 22.8 Å². The molecule has 1 amide bonds. The van der Waals surface area contributed by atoms with Crippen molar-refractivity contribution >= 4 is 16.9 Å². The quantitative estimate of drug-likeness (QED) is 0.469. The van der Waals surface area contributed by atoms with Gasteiger partial charge in [0.15, 0.2) is 16.9 Å². The van der Waals surface area contributed by atoms with Crippen LogP contribution in [0.2, 0.25) is 0 Å². The molecule has 4 aromatic rings. The zero-order valence-electron chi connectivity index (χ0n) is 17.5. The smallest absolute Gasteiger partial charge is 0.231 e. The summed E-state index contributed by atoms with van der Waals surface area (Å²) >= 11 is 0. The van der Waals surface area contributed by atoms with Crippen molar-refractivity contribution in [2.75, 3.05) is 6.79 Å². The van der Waals surface area contributed by atoms with Gasteiger partial charge >= 0.3 is 0 Å². The number of carbonyl (C=O) groups is 1. The fraction of sp³-hybridized carbons (Fsp3) is 0.160. The molecule has 2 N–H and O–H groups in total. The van der Waals surface area contributed by atoms with Crippen LogP contribution in [0.3, 0.4) is 0 Å². The lowest BCUT2D eigenvalue weighted by Gasteiger charge is -2.19. The Morgan fingerprint density at radius 1 is 1.06 bits per heavy atom. The maximum atomic E-state index is 13.3. The van der Waals surface area contributed by atoms with E-state index in [1.54, 1.807) is 48.7 Å². The highest BCUT2D eigenvalue weighted by Gasteiger charge is 2.28. The van der Waals surface area contributed by atoms with E-state index in [0.717, 1.165) is 0 Å². The van der Waals surface area contributed by atoms with Gasteiger partial charge in [0.1, 0.15) is 11.3 Å². The zero-order valence-corrected chi connectivity index (χ0v) is 17.5. The van der Waals surface area contributed by atoms with E-state index in [9.17, 15) is 14.7 Å². The number of phenolic OH excluding ortho intramolecular Hbond substituents is 1. The fourth-order valence-electron chi connectivity index (χ4n) is 3.90. The van der Waals surface area contributed by atoms with Crippen molar-refractivity contribution in [2.24, 2.45) is 0 Å². The van der Waals surface area contributed by atoms with Crippen LogP contribution in [0, 0.1) is 0 Å². The first kappa shape index (κ1) is 20.6. The highest BCUT2D eigenvalue weighted by atomic mass is 16.7. The number of hydrogen-bond acceptors (Lipinski definition) is 7. The second-order valence-electron chi connectivity index (χ2n) is 7.64. The van der Waals surface area contributed by atoms with Gasteiger partial charge < -0.3 is 24.3 Å². The molecule has 33 heavy (non-hydrogen) atoms. The molecule has 1 aliphatic rings. The Balaban J connectivity index is 1.52. The first-order valence-corrected chi connectivity index (χ1v) is 10.4. The molecule has 2 aromatic carbocycles. The molecule has 0 saturated carbocycles. The Bertz CT molecular complexity index is 1380. The van der Waals surface area contributed by atoms with Gasteiger partial charge in [-0.3, -0.25) is 14.6 Å². The molecule has 0 saturated heterocycles. The maximum absolute atomic E-state index is 13.3. The number of amides is 1. The molecule has 1 aliphatic heterocycles. The van der Waals surface area contributed by atoms with Crippen LogP contribution in [-0.2, 0) is 11.3 Å². The average Bonchev–Trinajstić information content (AvgIpc) is 3.29. The summed E-state index contributed by atoms with van der Waals surface area (Å²) in [6.07, 6.45) is 2.91. The number of nitrogens with one attached hydrogen (secondary N) is 1.